The number of hydrogen-bond donors (Lipinski definition) is 0. The van der Waals surface area contributed by atoms with E-state index in [1.165, 1.54) is 0 Å². The molecule has 0 aliphatic carbocycles. The van der Waals surface area contributed by atoms with Crippen molar-refractivity contribution >= 4 is 47.1 Å². The summed E-state index contributed by atoms with van der Waals surface area (Å²) in [5, 5.41) is 0. The van der Waals surface area contributed by atoms with Crippen LogP contribution in [0.25, 0.3) is 0 Å². The summed E-state index contributed by atoms with van der Waals surface area (Å²) in [4.78, 5) is 13.7. The van der Waals surface area contributed by atoms with Gasteiger partial charge in [-0.25, -0.2) is 0 Å². The Morgan fingerprint density at radius 2 is 2.20 bits per heavy atom. The third-order valence-electron chi connectivity index (χ3n) is 0.848. The van der Waals surface area contributed by atoms with Crippen LogP contribution in [0.4, 0.5) is 0 Å². The Labute approximate surface area is 71.9 Å². The van der Waals surface area contributed by atoms with Gasteiger partial charge in [0, 0.05) is 6.40 Å². The number of rotatable bonds is 0. The highest BCUT2D eigenvalue weighted by atomic mass is 35.6. The van der Waals surface area contributed by atoms with Gasteiger partial charge in [-0.15, -0.1) is 0 Å². The molecule has 0 N–H and O–H groups in total. The van der Waals surface area contributed by atoms with E-state index in [9.17, 15) is 4.79 Å². The van der Waals surface area contributed by atoms with Gasteiger partial charge in [0.05, 0.1) is 0 Å². The maximum Gasteiger partial charge on any atom is 0.217 e. The minimum Gasteiger partial charge on any atom is -0.573 e. The molecule has 1 amide bonds. The Balaban J connectivity index is 2.69. The Bertz CT molecular complexity index is 185. The number of nitrogens with zero attached hydrogens (tertiary/aromatic N) is 1. The number of amides is 1. The fourth-order valence-corrected chi connectivity index (χ4v) is 0.854. The molecular formula is C4HCl3NO2-. The topological polar surface area (TPSA) is 38.7 Å². The van der Waals surface area contributed by atoms with Crippen LogP contribution >= 0.6 is 34.8 Å². The number of ether oxygens (including phenoxy) is 1. The lowest BCUT2D eigenvalue weighted by atomic mass is 10.4. The molecule has 3 nitrogen and oxygen atoms in total. The molecule has 1 rings (SSSR count). The van der Waals surface area contributed by atoms with Crippen molar-refractivity contribution in [2.75, 3.05) is 0 Å². The highest BCUT2D eigenvalue weighted by Crippen LogP contribution is 2.33. The largest absolute Gasteiger partial charge is 0.573 e. The molecule has 1 aliphatic rings. The van der Waals surface area contributed by atoms with Crippen LogP contribution in [0.3, 0.4) is 0 Å². The van der Waals surface area contributed by atoms with Crippen molar-refractivity contribution in [2.24, 2.45) is 4.99 Å². The summed E-state index contributed by atoms with van der Waals surface area (Å²) < 4.78 is 2.71. The van der Waals surface area contributed by atoms with Gasteiger partial charge >= 0.3 is 0 Å². The molecule has 0 radical (unpaired) electrons. The minimum absolute atomic E-state index is 0.625. The smallest absolute Gasteiger partial charge is 0.217 e. The second kappa shape index (κ2) is 2.57. The standard InChI is InChI=1S/C4HCl3NO2/c5-4(6,7)2-3(9)8-1-10-2/h2H/q-1. The average molecular weight is 201 g/mol. The number of carbonyl (C=O) groups excluding carboxylic acids is 1. The second-order valence-electron chi connectivity index (χ2n) is 1.58. The zero-order valence-electron chi connectivity index (χ0n) is 4.47. The summed E-state index contributed by atoms with van der Waals surface area (Å²) in [6.07, 6.45) is 0.810. The van der Waals surface area contributed by atoms with Gasteiger partial charge in [-0.2, -0.15) is 0 Å². The fourth-order valence-electron chi connectivity index (χ4n) is 0.440. The number of halogens is 3. The first-order valence-corrected chi connectivity index (χ1v) is 3.37. The quantitative estimate of drug-likeness (QED) is 0.436. The summed E-state index contributed by atoms with van der Waals surface area (Å²) in [5.74, 6) is -0.625. The lowest BCUT2D eigenvalue weighted by Crippen LogP contribution is -2.31. The number of aliphatic imine (C=N–C) groups is 1. The predicted octanol–water partition coefficient (Wildman–Crippen LogP) is 1.19. The molecule has 0 aromatic carbocycles. The van der Waals surface area contributed by atoms with Crippen molar-refractivity contribution in [3.05, 3.63) is 0 Å². The monoisotopic (exact) mass is 200 g/mol. The normalized spacial score (nSPS) is 25.1. The first-order valence-electron chi connectivity index (χ1n) is 2.24. The van der Waals surface area contributed by atoms with E-state index >= 15 is 0 Å². The van der Waals surface area contributed by atoms with E-state index in [1.54, 1.807) is 0 Å². The Morgan fingerprint density at radius 1 is 1.60 bits per heavy atom. The van der Waals surface area contributed by atoms with Gasteiger partial charge in [-0.3, -0.25) is 0 Å². The number of alkyl halides is 3. The zero-order valence-corrected chi connectivity index (χ0v) is 6.74. The molecule has 1 atom stereocenters. The SMILES string of the molecule is O=C1N=[C-]OC1C(Cl)(Cl)Cl. The summed E-state index contributed by atoms with van der Waals surface area (Å²) >= 11 is 16.0. The number of hydrogen-bond acceptors (Lipinski definition) is 2. The highest BCUT2D eigenvalue weighted by molar-refractivity contribution is 6.69. The van der Waals surface area contributed by atoms with Crippen LogP contribution in [0.2, 0.25) is 0 Å². The van der Waals surface area contributed by atoms with Crippen LogP contribution in [0, 0.1) is 0 Å². The molecule has 0 spiro atoms. The van der Waals surface area contributed by atoms with E-state index in [1.807, 2.05) is 6.40 Å². The van der Waals surface area contributed by atoms with Crippen molar-refractivity contribution < 1.29 is 9.53 Å². The molecular weight excluding hydrogens is 200 g/mol. The summed E-state index contributed by atoms with van der Waals surface area (Å²) in [6.45, 7) is 0. The summed E-state index contributed by atoms with van der Waals surface area (Å²) in [7, 11) is 0. The van der Waals surface area contributed by atoms with Crippen LogP contribution < -0.4 is 0 Å². The van der Waals surface area contributed by atoms with E-state index < -0.39 is 15.8 Å². The average Bonchev–Trinajstić information content (AvgIpc) is 2.11. The highest BCUT2D eigenvalue weighted by Gasteiger charge is 2.35. The third kappa shape index (κ3) is 1.54. The first kappa shape index (κ1) is 8.11. The Hall–Kier alpha value is 0.01000. The van der Waals surface area contributed by atoms with E-state index in [0.717, 1.165) is 0 Å². The molecule has 6 heteroatoms. The van der Waals surface area contributed by atoms with Crippen molar-refractivity contribution in [1.29, 1.82) is 0 Å². The van der Waals surface area contributed by atoms with Crippen LogP contribution in [0.5, 0.6) is 0 Å². The third-order valence-corrected chi connectivity index (χ3v) is 1.44. The van der Waals surface area contributed by atoms with Crippen LogP contribution in [0.15, 0.2) is 4.99 Å². The molecule has 0 saturated carbocycles. The molecule has 0 fully saturated rings. The molecule has 1 unspecified atom stereocenters. The molecule has 0 aromatic rings. The molecule has 0 saturated heterocycles. The van der Waals surface area contributed by atoms with Gasteiger partial charge in [0.15, 0.2) is 0 Å². The van der Waals surface area contributed by atoms with Crippen LogP contribution in [-0.2, 0) is 9.53 Å². The van der Waals surface area contributed by atoms with E-state index in [4.69, 9.17) is 34.8 Å². The van der Waals surface area contributed by atoms with E-state index in [2.05, 4.69) is 9.73 Å². The van der Waals surface area contributed by atoms with Gasteiger partial charge in [0.2, 0.25) is 3.79 Å². The van der Waals surface area contributed by atoms with Crippen LogP contribution in [-0.4, -0.2) is 22.2 Å². The molecule has 1 aliphatic heterocycles. The first-order chi connectivity index (χ1) is 4.52. The van der Waals surface area contributed by atoms with Gasteiger partial charge < -0.3 is 14.5 Å². The van der Waals surface area contributed by atoms with Gasteiger partial charge in [0.25, 0.3) is 0 Å². The molecule has 1 heterocycles. The van der Waals surface area contributed by atoms with Crippen molar-refractivity contribution in [3.8, 4) is 0 Å². The molecule has 10 heavy (non-hydrogen) atoms. The molecule has 0 bridgehead atoms. The minimum atomic E-state index is -1.76. The lowest BCUT2D eigenvalue weighted by molar-refractivity contribution is -0.122. The Kier molecular flexibility index (Phi) is 2.08. The predicted molar refractivity (Wildman–Crippen MR) is 37.6 cm³/mol. The van der Waals surface area contributed by atoms with Crippen molar-refractivity contribution in [2.45, 2.75) is 9.90 Å². The van der Waals surface area contributed by atoms with Crippen molar-refractivity contribution in [3.63, 3.8) is 0 Å². The zero-order chi connectivity index (χ0) is 7.78. The van der Waals surface area contributed by atoms with Crippen molar-refractivity contribution in [1.82, 2.24) is 0 Å². The number of carbonyl (C=O) groups is 1. The van der Waals surface area contributed by atoms with E-state index in [-0.39, 0.29) is 0 Å². The fraction of sp³-hybridized carbons (Fsp3) is 0.500. The van der Waals surface area contributed by atoms with Gasteiger partial charge in [-0.05, 0) is 0 Å². The lowest BCUT2D eigenvalue weighted by Gasteiger charge is -2.21. The second-order valence-corrected chi connectivity index (χ2v) is 3.95. The van der Waals surface area contributed by atoms with E-state index in [0.29, 0.717) is 0 Å². The molecule has 0 aromatic heterocycles. The maximum absolute atomic E-state index is 10.6. The van der Waals surface area contributed by atoms with Crippen LogP contribution in [0.1, 0.15) is 0 Å². The maximum atomic E-state index is 10.6. The molecule has 56 valence electrons. The Morgan fingerprint density at radius 3 is 2.40 bits per heavy atom. The van der Waals surface area contributed by atoms with Gasteiger partial charge in [0.1, 0.15) is 12.0 Å². The van der Waals surface area contributed by atoms with Gasteiger partial charge in [-0.1, -0.05) is 34.8 Å². The summed E-state index contributed by atoms with van der Waals surface area (Å²) in [6, 6.07) is 0. The summed E-state index contributed by atoms with van der Waals surface area (Å²) in [5.41, 5.74) is 0.